The number of hydrogen-bond donors (Lipinski definition) is 1. The minimum atomic E-state index is 0.112. The summed E-state index contributed by atoms with van der Waals surface area (Å²) < 4.78 is 6.44. The van der Waals surface area contributed by atoms with Crippen molar-refractivity contribution in [2.45, 2.75) is 6.54 Å². The highest BCUT2D eigenvalue weighted by molar-refractivity contribution is 9.10. The zero-order valence-corrected chi connectivity index (χ0v) is 13.4. The quantitative estimate of drug-likeness (QED) is 0.763. The van der Waals surface area contributed by atoms with Crippen LogP contribution in [0.3, 0.4) is 0 Å². The summed E-state index contributed by atoms with van der Waals surface area (Å²) in [5, 5.41) is 8.65. The Labute approximate surface area is 129 Å². The number of nitrogens with zero attached hydrogens (tertiary/aromatic N) is 2. The molecule has 0 saturated carbocycles. The lowest BCUT2D eigenvalue weighted by Gasteiger charge is -2.34. The first-order valence-corrected chi connectivity index (χ1v) is 7.95. The molecule has 1 saturated heterocycles. The van der Waals surface area contributed by atoms with E-state index in [2.05, 4.69) is 50.0 Å². The summed E-state index contributed by atoms with van der Waals surface area (Å²) in [6.07, 6.45) is 0. The number of ether oxygens (including phenoxy) is 1. The molecule has 1 aromatic carbocycles. The van der Waals surface area contributed by atoms with Crippen LogP contribution < -0.4 is 0 Å². The minimum absolute atomic E-state index is 0.112. The van der Waals surface area contributed by atoms with Crippen molar-refractivity contribution >= 4 is 15.9 Å². The molecule has 0 aliphatic carbocycles. The van der Waals surface area contributed by atoms with Gasteiger partial charge in [0.2, 0.25) is 0 Å². The second kappa shape index (κ2) is 8.74. The topological polar surface area (TPSA) is 35.9 Å². The Morgan fingerprint density at radius 2 is 1.65 bits per heavy atom. The Bertz CT molecular complexity index is 378. The van der Waals surface area contributed by atoms with Crippen molar-refractivity contribution in [3.63, 3.8) is 0 Å². The molecule has 20 heavy (non-hydrogen) atoms. The van der Waals surface area contributed by atoms with E-state index in [0.717, 1.165) is 43.7 Å². The van der Waals surface area contributed by atoms with Gasteiger partial charge in [-0.25, -0.2) is 0 Å². The fraction of sp³-hybridized carbons (Fsp3) is 0.600. The summed E-state index contributed by atoms with van der Waals surface area (Å²) in [4.78, 5) is 4.92. The van der Waals surface area contributed by atoms with Crippen LogP contribution in [-0.2, 0) is 11.3 Å². The van der Waals surface area contributed by atoms with Gasteiger partial charge in [0.15, 0.2) is 0 Å². The number of halogens is 1. The Kier molecular flexibility index (Phi) is 6.96. The first-order chi connectivity index (χ1) is 9.78. The van der Waals surface area contributed by atoms with Crippen molar-refractivity contribution in [2.75, 3.05) is 52.5 Å². The molecular weight excluding hydrogens is 320 g/mol. The molecule has 5 heteroatoms. The summed E-state index contributed by atoms with van der Waals surface area (Å²) in [5.41, 5.74) is 1.37. The SMILES string of the molecule is OCCOCCN1CCN(Cc2ccc(Br)cc2)CC1. The van der Waals surface area contributed by atoms with Crippen LogP contribution in [0.1, 0.15) is 5.56 Å². The van der Waals surface area contributed by atoms with Gasteiger partial charge in [-0.1, -0.05) is 28.1 Å². The predicted octanol–water partition coefficient (Wildman–Crippen LogP) is 1.58. The van der Waals surface area contributed by atoms with E-state index in [1.807, 2.05) is 0 Å². The Balaban J connectivity index is 1.65. The van der Waals surface area contributed by atoms with Gasteiger partial charge in [0.1, 0.15) is 0 Å². The molecule has 1 fully saturated rings. The maximum Gasteiger partial charge on any atom is 0.0698 e. The average molecular weight is 343 g/mol. The smallest absolute Gasteiger partial charge is 0.0698 e. The first-order valence-electron chi connectivity index (χ1n) is 7.15. The molecule has 0 radical (unpaired) electrons. The van der Waals surface area contributed by atoms with Gasteiger partial charge in [0.25, 0.3) is 0 Å². The standard InChI is InChI=1S/C15H23BrN2O2/c16-15-3-1-14(2-4-15)13-18-7-5-17(6-8-18)9-11-20-12-10-19/h1-4,19H,5-13H2. The van der Waals surface area contributed by atoms with Crippen LogP contribution in [0, 0.1) is 0 Å². The molecule has 2 rings (SSSR count). The lowest BCUT2D eigenvalue weighted by molar-refractivity contribution is 0.0564. The number of piperazine rings is 1. The summed E-state index contributed by atoms with van der Waals surface area (Å²) >= 11 is 3.47. The average Bonchev–Trinajstić information content (AvgIpc) is 2.48. The van der Waals surface area contributed by atoms with Gasteiger partial charge >= 0.3 is 0 Å². The lowest BCUT2D eigenvalue weighted by atomic mass is 10.2. The van der Waals surface area contributed by atoms with Gasteiger partial charge in [-0.05, 0) is 17.7 Å². The lowest BCUT2D eigenvalue weighted by Crippen LogP contribution is -2.46. The molecule has 0 spiro atoms. The largest absolute Gasteiger partial charge is 0.394 e. The van der Waals surface area contributed by atoms with Gasteiger partial charge < -0.3 is 9.84 Å². The van der Waals surface area contributed by atoms with Crippen molar-refractivity contribution in [3.05, 3.63) is 34.3 Å². The molecular formula is C15H23BrN2O2. The summed E-state index contributed by atoms with van der Waals surface area (Å²) in [6.45, 7) is 7.68. The van der Waals surface area contributed by atoms with E-state index < -0.39 is 0 Å². The Morgan fingerprint density at radius 3 is 2.30 bits per heavy atom. The van der Waals surface area contributed by atoms with E-state index >= 15 is 0 Å². The highest BCUT2D eigenvalue weighted by Crippen LogP contribution is 2.13. The molecule has 1 aromatic rings. The third kappa shape index (κ3) is 5.50. The van der Waals surface area contributed by atoms with Crippen molar-refractivity contribution in [3.8, 4) is 0 Å². The van der Waals surface area contributed by atoms with E-state index in [4.69, 9.17) is 9.84 Å². The summed E-state index contributed by atoms with van der Waals surface area (Å²) in [7, 11) is 0. The second-order valence-electron chi connectivity index (χ2n) is 5.08. The summed E-state index contributed by atoms with van der Waals surface area (Å²) in [5.74, 6) is 0. The van der Waals surface area contributed by atoms with Crippen LogP contribution in [0.4, 0.5) is 0 Å². The molecule has 1 heterocycles. The Hall–Kier alpha value is -0.460. The first kappa shape index (κ1) is 15.9. The van der Waals surface area contributed by atoms with Crippen molar-refractivity contribution in [1.29, 1.82) is 0 Å². The van der Waals surface area contributed by atoms with Gasteiger partial charge in [-0.15, -0.1) is 0 Å². The van der Waals surface area contributed by atoms with Crippen LogP contribution in [0.25, 0.3) is 0 Å². The maximum absolute atomic E-state index is 8.65. The number of benzene rings is 1. The zero-order chi connectivity index (χ0) is 14.2. The summed E-state index contributed by atoms with van der Waals surface area (Å²) in [6, 6.07) is 8.56. The van der Waals surface area contributed by atoms with Crippen LogP contribution in [0.15, 0.2) is 28.7 Å². The van der Waals surface area contributed by atoms with E-state index in [1.165, 1.54) is 5.56 Å². The molecule has 0 amide bonds. The monoisotopic (exact) mass is 342 g/mol. The van der Waals surface area contributed by atoms with Gasteiger partial charge in [-0.3, -0.25) is 9.80 Å². The molecule has 112 valence electrons. The third-order valence-electron chi connectivity index (χ3n) is 3.57. The Morgan fingerprint density at radius 1 is 1.00 bits per heavy atom. The van der Waals surface area contributed by atoms with Crippen molar-refractivity contribution < 1.29 is 9.84 Å². The molecule has 1 aliphatic heterocycles. The fourth-order valence-corrected chi connectivity index (χ4v) is 2.64. The molecule has 0 unspecified atom stereocenters. The number of rotatable bonds is 7. The van der Waals surface area contributed by atoms with Gasteiger partial charge in [-0.2, -0.15) is 0 Å². The fourth-order valence-electron chi connectivity index (χ4n) is 2.38. The second-order valence-corrected chi connectivity index (χ2v) is 6.00. The molecule has 4 nitrogen and oxygen atoms in total. The molecule has 1 N–H and O–H groups in total. The third-order valence-corrected chi connectivity index (χ3v) is 4.10. The number of aliphatic hydroxyl groups is 1. The zero-order valence-electron chi connectivity index (χ0n) is 11.8. The van der Waals surface area contributed by atoms with Crippen molar-refractivity contribution in [1.82, 2.24) is 9.80 Å². The highest BCUT2D eigenvalue weighted by atomic mass is 79.9. The van der Waals surface area contributed by atoms with Crippen molar-refractivity contribution in [2.24, 2.45) is 0 Å². The van der Waals surface area contributed by atoms with E-state index in [1.54, 1.807) is 0 Å². The van der Waals surface area contributed by atoms with Crippen LogP contribution in [0.5, 0.6) is 0 Å². The molecule has 0 atom stereocenters. The number of hydrogen-bond acceptors (Lipinski definition) is 4. The minimum Gasteiger partial charge on any atom is -0.394 e. The molecule has 1 aliphatic rings. The normalized spacial score (nSPS) is 17.5. The van der Waals surface area contributed by atoms with E-state index in [-0.39, 0.29) is 6.61 Å². The van der Waals surface area contributed by atoms with Crippen LogP contribution in [-0.4, -0.2) is 67.5 Å². The van der Waals surface area contributed by atoms with E-state index in [9.17, 15) is 0 Å². The van der Waals surface area contributed by atoms with Gasteiger partial charge in [0, 0.05) is 43.7 Å². The van der Waals surface area contributed by atoms with Crippen LogP contribution in [0.2, 0.25) is 0 Å². The highest BCUT2D eigenvalue weighted by Gasteiger charge is 2.16. The molecule has 0 aromatic heterocycles. The maximum atomic E-state index is 8.65. The van der Waals surface area contributed by atoms with Gasteiger partial charge in [0.05, 0.1) is 19.8 Å². The number of aliphatic hydroxyl groups excluding tert-OH is 1. The predicted molar refractivity (Wildman–Crippen MR) is 83.8 cm³/mol. The van der Waals surface area contributed by atoms with Crippen LogP contribution >= 0.6 is 15.9 Å². The molecule has 0 bridgehead atoms. The van der Waals surface area contributed by atoms with E-state index in [0.29, 0.717) is 13.2 Å².